The van der Waals surface area contributed by atoms with Crippen molar-refractivity contribution in [2.45, 2.75) is 46.3 Å². The van der Waals surface area contributed by atoms with Gasteiger partial charge in [0.25, 0.3) is 11.8 Å². The number of halogens is 2. The smallest absolute Gasteiger partial charge is 0.303 e. The number of nitrogens with zero attached hydrogens (tertiary/aromatic N) is 3. The molecule has 0 radical (unpaired) electrons. The molecule has 11 heteroatoms. The minimum atomic E-state index is -0.529. The van der Waals surface area contributed by atoms with E-state index in [0.717, 1.165) is 39.2 Å². The Balaban J connectivity index is 1.49. The monoisotopic (exact) mass is 632 g/mol. The second-order valence-corrected chi connectivity index (χ2v) is 12.0. The molecule has 2 aliphatic heterocycles. The fourth-order valence-electron chi connectivity index (χ4n) is 6.13. The van der Waals surface area contributed by atoms with Crippen molar-refractivity contribution < 1.29 is 23.9 Å². The quantitative estimate of drug-likeness (QED) is 0.228. The zero-order valence-corrected chi connectivity index (χ0v) is 26.3. The number of aromatic nitrogens is 2. The van der Waals surface area contributed by atoms with Gasteiger partial charge in [0, 0.05) is 30.1 Å². The molecule has 0 saturated carbocycles. The summed E-state index contributed by atoms with van der Waals surface area (Å²) in [5.74, 6) is -0.0203. The van der Waals surface area contributed by atoms with Crippen LogP contribution in [0.5, 0.6) is 5.75 Å². The number of amides is 2. The first-order chi connectivity index (χ1) is 21.0. The number of hydrogen-bond donors (Lipinski definition) is 1. The zero-order chi connectivity index (χ0) is 31.4. The molecule has 4 aromatic rings. The third-order valence-corrected chi connectivity index (χ3v) is 8.50. The van der Waals surface area contributed by atoms with Crippen LogP contribution in [0.25, 0.3) is 22.5 Å². The molecule has 0 spiro atoms. The molecule has 2 aliphatic rings. The van der Waals surface area contributed by atoms with Crippen molar-refractivity contribution in [3.63, 3.8) is 0 Å². The van der Waals surface area contributed by atoms with Gasteiger partial charge in [0.05, 0.1) is 29.1 Å². The molecular weight excluding hydrogens is 603 g/mol. The summed E-state index contributed by atoms with van der Waals surface area (Å²) in [6.07, 6.45) is 0. The molecule has 2 amide bonds. The molecule has 1 atom stereocenters. The standard InChI is InChI=1S/C33H30Cl2N4O5/c1-16(2)38-31-28(37-32(38)23-12-19(7-11-25(23)43-5)14-36-26(41)15-44-18(4)40)33(42)39-29-17(3)6-10-24(35)27(29)22-13-20(34)8-9-21(22)30(31)39/h6-13,16,30H,14-15H2,1-5H3,(H,36,41). The number of anilines is 1. The van der Waals surface area contributed by atoms with Gasteiger partial charge in [-0.05, 0) is 73.4 Å². The van der Waals surface area contributed by atoms with E-state index in [9.17, 15) is 14.4 Å². The third kappa shape index (κ3) is 4.80. The van der Waals surface area contributed by atoms with E-state index in [-0.39, 0.29) is 25.1 Å². The number of rotatable bonds is 7. The maximum Gasteiger partial charge on any atom is 0.303 e. The van der Waals surface area contributed by atoms with Crippen molar-refractivity contribution in [2.75, 3.05) is 18.6 Å². The molecule has 0 fully saturated rings. The number of methoxy groups -OCH3 is 1. The van der Waals surface area contributed by atoms with Crippen LogP contribution >= 0.6 is 23.2 Å². The van der Waals surface area contributed by atoms with Gasteiger partial charge in [-0.1, -0.05) is 41.4 Å². The fraction of sp³-hybridized carbons (Fsp3) is 0.273. The Morgan fingerprint density at radius 1 is 1.07 bits per heavy atom. The van der Waals surface area contributed by atoms with Crippen LogP contribution in [0.4, 0.5) is 5.69 Å². The van der Waals surface area contributed by atoms with Crippen molar-refractivity contribution in [3.05, 3.63) is 86.7 Å². The topological polar surface area (TPSA) is 103 Å². The van der Waals surface area contributed by atoms with Crippen LogP contribution in [0.15, 0.2) is 48.5 Å². The van der Waals surface area contributed by atoms with Gasteiger partial charge in [0.2, 0.25) is 0 Å². The van der Waals surface area contributed by atoms with E-state index in [1.54, 1.807) is 18.1 Å². The average Bonchev–Trinajstić information content (AvgIpc) is 3.51. The molecule has 0 saturated heterocycles. The highest BCUT2D eigenvalue weighted by molar-refractivity contribution is 6.35. The van der Waals surface area contributed by atoms with E-state index < -0.39 is 17.9 Å². The Morgan fingerprint density at radius 3 is 2.55 bits per heavy atom. The predicted octanol–water partition coefficient (Wildman–Crippen LogP) is 6.66. The number of fused-ring (bicyclic) bond motifs is 8. The van der Waals surface area contributed by atoms with Crippen LogP contribution in [0.1, 0.15) is 65.7 Å². The van der Waals surface area contributed by atoms with Crippen LogP contribution < -0.4 is 15.0 Å². The van der Waals surface area contributed by atoms with Gasteiger partial charge in [0.1, 0.15) is 17.6 Å². The molecule has 0 aliphatic carbocycles. The molecule has 44 heavy (non-hydrogen) atoms. The minimum absolute atomic E-state index is 0.0802. The third-order valence-electron chi connectivity index (χ3n) is 7.95. The summed E-state index contributed by atoms with van der Waals surface area (Å²) in [6.45, 7) is 7.15. The SMILES string of the molecule is COc1ccc(CNC(=O)COC(C)=O)cc1-c1nc2c(n1C(C)C)C1c3ccc(Cl)cc3-c3c(Cl)ccc(C)c3N1C2=O. The zero-order valence-electron chi connectivity index (χ0n) is 24.8. The van der Waals surface area contributed by atoms with Crippen molar-refractivity contribution in [3.8, 4) is 28.3 Å². The van der Waals surface area contributed by atoms with Crippen molar-refractivity contribution in [2.24, 2.45) is 0 Å². The number of esters is 1. The first kappa shape index (κ1) is 29.7. The highest BCUT2D eigenvalue weighted by Gasteiger charge is 2.49. The van der Waals surface area contributed by atoms with Crippen molar-refractivity contribution in [1.29, 1.82) is 0 Å². The number of carbonyl (C=O) groups excluding carboxylic acids is 3. The van der Waals surface area contributed by atoms with Gasteiger partial charge in [-0.2, -0.15) is 0 Å². The second kappa shape index (κ2) is 11.3. The molecule has 1 N–H and O–H groups in total. The minimum Gasteiger partial charge on any atom is -0.496 e. The van der Waals surface area contributed by atoms with Gasteiger partial charge in [0.15, 0.2) is 12.3 Å². The summed E-state index contributed by atoms with van der Waals surface area (Å²) in [7, 11) is 1.58. The van der Waals surface area contributed by atoms with Gasteiger partial charge < -0.3 is 19.4 Å². The first-order valence-corrected chi connectivity index (χ1v) is 14.9. The number of benzene rings is 3. The number of carbonyl (C=O) groups is 3. The van der Waals surface area contributed by atoms with Gasteiger partial charge in [-0.15, -0.1) is 0 Å². The number of nitrogens with one attached hydrogen (secondary N) is 1. The molecule has 1 aromatic heterocycles. The number of aryl methyl sites for hydroxylation is 1. The lowest BCUT2D eigenvalue weighted by molar-refractivity contribution is -0.146. The van der Waals surface area contributed by atoms with E-state index in [1.165, 1.54) is 6.92 Å². The Bertz CT molecular complexity index is 1870. The molecule has 9 nitrogen and oxygen atoms in total. The summed E-state index contributed by atoms with van der Waals surface area (Å²) < 4.78 is 12.6. The average molecular weight is 634 g/mol. The Kier molecular flexibility index (Phi) is 7.63. The normalized spacial score (nSPS) is 14.6. The Labute approximate surface area is 264 Å². The summed E-state index contributed by atoms with van der Waals surface area (Å²) >= 11 is 13.3. The second-order valence-electron chi connectivity index (χ2n) is 11.1. The highest BCUT2D eigenvalue weighted by Crippen LogP contribution is 2.56. The summed E-state index contributed by atoms with van der Waals surface area (Å²) in [6, 6.07) is 14.4. The highest BCUT2D eigenvalue weighted by atomic mass is 35.5. The summed E-state index contributed by atoms with van der Waals surface area (Å²) in [5, 5.41) is 3.87. The Morgan fingerprint density at radius 2 is 1.84 bits per heavy atom. The van der Waals surface area contributed by atoms with E-state index in [4.69, 9.17) is 37.7 Å². The fourth-order valence-corrected chi connectivity index (χ4v) is 6.55. The molecule has 3 aromatic carbocycles. The lowest BCUT2D eigenvalue weighted by Gasteiger charge is -2.37. The van der Waals surface area contributed by atoms with E-state index >= 15 is 0 Å². The van der Waals surface area contributed by atoms with Gasteiger partial charge in [-0.3, -0.25) is 19.3 Å². The predicted molar refractivity (Wildman–Crippen MR) is 168 cm³/mol. The van der Waals surface area contributed by atoms with Gasteiger partial charge >= 0.3 is 5.97 Å². The lowest BCUT2D eigenvalue weighted by atomic mass is 9.86. The molecule has 1 unspecified atom stereocenters. The largest absolute Gasteiger partial charge is 0.496 e. The van der Waals surface area contributed by atoms with Crippen LogP contribution in [0.2, 0.25) is 10.0 Å². The maximum absolute atomic E-state index is 14.3. The van der Waals surface area contributed by atoms with E-state index in [1.807, 2.05) is 63.2 Å². The van der Waals surface area contributed by atoms with Crippen LogP contribution in [-0.4, -0.2) is 41.1 Å². The molecular formula is C33H30Cl2N4O5. The molecule has 0 bridgehead atoms. The van der Waals surface area contributed by atoms with E-state index in [2.05, 4.69) is 9.88 Å². The molecule has 226 valence electrons. The maximum atomic E-state index is 14.3. The molecule has 3 heterocycles. The number of hydrogen-bond acceptors (Lipinski definition) is 6. The Hall–Kier alpha value is -4.34. The van der Waals surface area contributed by atoms with Crippen molar-refractivity contribution >= 4 is 46.7 Å². The van der Waals surface area contributed by atoms with Crippen LogP contribution in [0.3, 0.4) is 0 Å². The van der Waals surface area contributed by atoms with E-state index in [0.29, 0.717) is 32.9 Å². The van der Waals surface area contributed by atoms with Gasteiger partial charge in [-0.25, -0.2) is 4.98 Å². The van der Waals surface area contributed by atoms with Crippen molar-refractivity contribution in [1.82, 2.24) is 14.9 Å². The lowest BCUT2D eigenvalue weighted by Crippen LogP contribution is -2.34. The summed E-state index contributed by atoms with van der Waals surface area (Å²) in [5.41, 5.74) is 6.82. The van der Waals surface area contributed by atoms with Crippen LogP contribution in [-0.2, 0) is 20.9 Å². The first-order valence-electron chi connectivity index (χ1n) is 14.1. The number of ether oxygens (including phenoxy) is 2. The van der Waals surface area contributed by atoms with Crippen LogP contribution in [0, 0.1) is 6.92 Å². The number of imidazole rings is 1. The molecule has 6 rings (SSSR count). The summed E-state index contributed by atoms with van der Waals surface area (Å²) in [4.78, 5) is 44.4.